The molecular formula is C29H57NO. The molecule has 0 rings (SSSR count). The number of unbranched alkanes of at least 4 members (excludes halogenated alkanes) is 22. The third kappa shape index (κ3) is 29.2. The Hall–Kier alpha value is -0.790. The summed E-state index contributed by atoms with van der Waals surface area (Å²) in [6, 6.07) is 0. The summed E-state index contributed by atoms with van der Waals surface area (Å²) >= 11 is 0. The van der Waals surface area contributed by atoms with Crippen LogP contribution >= 0.6 is 0 Å². The van der Waals surface area contributed by atoms with Crippen molar-refractivity contribution in [1.29, 1.82) is 0 Å². The van der Waals surface area contributed by atoms with Crippen LogP contribution in [0.1, 0.15) is 167 Å². The van der Waals surface area contributed by atoms with E-state index in [4.69, 9.17) is 5.73 Å². The van der Waals surface area contributed by atoms with Gasteiger partial charge in [-0.15, -0.1) is 0 Å². The molecule has 0 aliphatic rings. The molecule has 31 heavy (non-hydrogen) atoms. The highest BCUT2D eigenvalue weighted by atomic mass is 16.1. The maximum atomic E-state index is 10.7. The van der Waals surface area contributed by atoms with Crippen molar-refractivity contribution in [2.45, 2.75) is 167 Å². The van der Waals surface area contributed by atoms with Gasteiger partial charge in [-0.05, 0) is 32.1 Å². The normalized spacial score (nSPS) is 11.5. The Morgan fingerprint density at radius 3 is 1.10 bits per heavy atom. The monoisotopic (exact) mass is 435 g/mol. The average molecular weight is 436 g/mol. The number of rotatable bonds is 26. The first-order chi connectivity index (χ1) is 15.3. The molecule has 0 saturated carbocycles. The lowest BCUT2D eigenvalue weighted by Crippen LogP contribution is -2.09. The fourth-order valence-corrected chi connectivity index (χ4v) is 4.31. The van der Waals surface area contributed by atoms with Crippen molar-refractivity contribution in [2.24, 2.45) is 5.73 Å². The van der Waals surface area contributed by atoms with Crippen LogP contribution in [0.15, 0.2) is 12.2 Å². The molecule has 0 atom stereocenters. The van der Waals surface area contributed by atoms with E-state index in [1.807, 2.05) is 0 Å². The first kappa shape index (κ1) is 30.2. The predicted molar refractivity (Wildman–Crippen MR) is 139 cm³/mol. The Kier molecular flexibility index (Phi) is 26.5. The van der Waals surface area contributed by atoms with Gasteiger partial charge in [-0.2, -0.15) is 0 Å². The van der Waals surface area contributed by atoms with Crippen molar-refractivity contribution in [1.82, 2.24) is 0 Å². The number of hydrogen-bond donors (Lipinski definition) is 1. The van der Waals surface area contributed by atoms with E-state index in [0.717, 1.165) is 12.8 Å². The fourth-order valence-electron chi connectivity index (χ4n) is 4.31. The topological polar surface area (TPSA) is 43.1 Å². The minimum absolute atomic E-state index is 0.156. The summed E-state index contributed by atoms with van der Waals surface area (Å²) in [6.45, 7) is 2.29. The van der Waals surface area contributed by atoms with E-state index in [9.17, 15) is 4.79 Å². The second-order valence-electron chi connectivity index (χ2n) is 9.69. The number of primary amides is 1. The lowest BCUT2D eigenvalue weighted by molar-refractivity contribution is -0.118. The molecule has 184 valence electrons. The van der Waals surface area contributed by atoms with E-state index >= 15 is 0 Å². The molecule has 1 amide bonds. The molecular weight excluding hydrogens is 378 g/mol. The Labute approximate surface area is 196 Å². The molecule has 0 aromatic rings. The van der Waals surface area contributed by atoms with E-state index in [-0.39, 0.29) is 5.91 Å². The third-order valence-corrected chi connectivity index (χ3v) is 6.43. The van der Waals surface area contributed by atoms with Gasteiger partial charge in [0.1, 0.15) is 0 Å². The summed E-state index contributed by atoms with van der Waals surface area (Å²) in [5.74, 6) is -0.156. The number of hydrogen-bond acceptors (Lipinski definition) is 1. The summed E-state index contributed by atoms with van der Waals surface area (Å²) in [5.41, 5.74) is 5.15. The minimum Gasteiger partial charge on any atom is -0.370 e. The maximum Gasteiger partial charge on any atom is 0.217 e. The van der Waals surface area contributed by atoms with Gasteiger partial charge in [0.25, 0.3) is 0 Å². The van der Waals surface area contributed by atoms with Gasteiger partial charge in [0.15, 0.2) is 0 Å². The zero-order valence-corrected chi connectivity index (χ0v) is 21.3. The molecule has 0 aliphatic heterocycles. The molecule has 0 heterocycles. The van der Waals surface area contributed by atoms with Crippen molar-refractivity contribution in [3.05, 3.63) is 12.2 Å². The predicted octanol–water partition coefficient (Wildman–Crippen LogP) is 9.80. The number of amides is 1. The van der Waals surface area contributed by atoms with Crippen molar-refractivity contribution < 1.29 is 4.79 Å². The fraction of sp³-hybridized carbons (Fsp3) is 0.897. The van der Waals surface area contributed by atoms with Crippen LogP contribution in [0.2, 0.25) is 0 Å². The summed E-state index contributed by atoms with van der Waals surface area (Å²) in [4.78, 5) is 10.7. The summed E-state index contributed by atoms with van der Waals surface area (Å²) < 4.78 is 0. The molecule has 0 fully saturated rings. The molecule has 0 aliphatic carbocycles. The van der Waals surface area contributed by atoms with Crippen molar-refractivity contribution in [3.63, 3.8) is 0 Å². The lowest BCUT2D eigenvalue weighted by atomic mass is 10.0. The Balaban J connectivity index is 3.08. The molecule has 2 heteroatoms. The molecule has 2 N–H and O–H groups in total. The molecule has 0 unspecified atom stereocenters. The Morgan fingerprint density at radius 1 is 0.484 bits per heavy atom. The molecule has 0 bridgehead atoms. The van der Waals surface area contributed by atoms with Crippen LogP contribution in [0.4, 0.5) is 0 Å². The van der Waals surface area contributed by atoms with Crippen molar-refractivity contribution in [2.75, 3.05) is 0 Å². The van der Waals surface area contributed by atoms with Gasteiger partial charge < -0.3 is 5.73 Å². The van der Waals surface area contributed by atoms with Crippen molar-refractivity contribution >= 4 is 5.91 Å². The second-order valence-corrected chi connectivity index (χ2v) is 9.69. The van der Waals surface area contributed by atoms with E-state index in [0.29, 0.717) is 6.42 Å². The van der Waals surface area contributed by atoms with E-state index < -0.39 is 0 Å². The number of carbonyl (C=O) groups is 1. The van der Waals surface area contributed by atoms with Gasteiger partial charge in [0.2, 0.25) is 5.91 Å². The first-order valence-corrected chi connectivity index (χ1v) is 14.2. The van der Waals surface area contributed by atoms with Gasteiger partial charge in [-0.3, -0.25) is 4.79 Å². The highest BCUT2D eigenvalue weighted by molar-refractivity contribution is 5.73. The van der Waals surface area contributed by atoms with Crippen LogP contribution in [0.25, 0.3) is 0 Å². The van der Waals surface area contributed by atoms with Gasteiger partial charge in [0, 0.05) is 6.42 Å². The molecule has 2 nitrogen and oxygen atoms in total. The summed E-state index contributed by atoms with van der Waals surface area (Å²) in [7, 11) is 0. The van der Waals surface area contributed by atoms with Gasteiger partial charge in [-0.25, -0.2) is 0 Å². The van der Waals surface area contributed by atoms with Crippen molar-refractivity contribution in [3.8, 4) is 0 Å². The molecule has 0 saturated heterocycles. The Bertz CT molecular complexity index is 377. The zero-order valence-electron chi connectivity index (χ0n) is 21.3. The van der Waals surface area contributed by atoms with Crippen LogP contribution in [0.5, 0.6) is 0 Å². The summed E-state index contributed by atoms with van der Waals surface area (Å²) in [5, 5.41) is 0. The molecule has 0 spiro atoms. The minimum atomic E-state index is -0.156. The van der Waals surface area contributed by atoms with Crippen LogP contribution < -0.4 is 5.73 Å². The van der Waals surface area contributed by atoms with Crippen LogP contribution in [-0.2, 0) is 4.79 Å². The van der Waals surface area contributed by atoms with Crippen LogP contribution in [0.3, 0.4) is 0 Å². The van der Waals surface area contributed by atoms with E-state index in [2.05, 4.69) is 19.1 Å². The highest BCUT2D eigenvalue weighted by Crippen LogP contribution is 2.14. The second kappa shape index (κ2) is 27.2. The average Bonchev–Trinajstić information content (AvgIpc) is 2.76. The standard InChI is InChI=1S/C29H57NO/c1-2-3-4-5-6-7-8-9-10-11-12-13-14-15-16-17-18-19-20-21-22-23-24-25-26-27-28-29(30)31/h18-19H,2-17,20-28H2,1H3,(H2,30,31)/b19-18+. The van der Waals surface area contributed by atoms with Gasteiger partial charge in [0.05, 0.1) is 0 Å². The lowest BCUT2D eigenvalue weighted by Gasteiger charge is -2.03. The van der Waals surface area contributed by atoms with Crippen LogP contribution in [0, 0.1) is 0 Å². The Morgan fingerprint density at radius 2 is 0.774 bits per heavy atom. The quantitative estimate of drug-likeness (QED) is 0.107. The molecule has 0 radical (unpaired) electrons. The number of carbonyl (C=O) groups excluding carboxylic acids is 1. The zero-order chi connectivity index (χ0) is 22.7. The van der Waals surface area contributed by atoms with Gasteiger partial charge >= 0.3 is 0 Å². The largest absolute Gasteiger partial charge is 0.370 e. The van der Waals surface area contributed by atoms with Gasteiger partial charge in [-0.1, -0.05) is 141 Å². The number of allylic oxidation sites excluding steroid dienone is 2. The number of nitrogens with two attached hydrogens (primary N) is 1. The SMILES string of the molecule is CCCCCCCCCCCCCCCCC/C=C/CCCCCCCCCC(N)=O. The third-order valence-electron chi connectivity index (χ3n) is 6.43. The van der Waals surface area contributed by atoms with Crippen LogP contribution in [-0.4, -0.2) is 5.91 Å². The highest BCUT2D eigenvalue weighted by Gasteiger charge is 1.96. The van der Waals surface area contributed by atoms with E-state index in [1.54, 1.807) is 0 Å². The van der Waals surface area contributed by atoms with E-state index in [1.165, 1.54) is 141 Å². The first-order valence-electron chi connectivity index (χ1n) is 14.2. The molecule has 0 aromatic heterocycles. The summed E-state index contributed by atoms with van der Waals surface area (Å²) in [6.07, 6.45) is 38.2. The molecule has 0 aromatic carbocycles. The maximum absolute atomic E-state index is 10.7. The smallest absolute Gasteiger partial charge is 0.217 e.